The van der Waals surface area contributed by atoms with Gasteiger partial charge in [-0.3, -0.25) is 0 Å². The van der Waals surface area contributed by atoms with Crippen molar-refractivity contribution in [3.8, 4) is 22.3 Å². The Kier molecular flexibility index (Phi) is 3.26. The summed E-state index contributed by atoms with van der Waals surface area (Å²) < 4.78 is 5.38. The molecule has 0 fully saturated rings. The number of nitriles is 1. The van der Waals surface area contributed by atoms with Gasteiger partial charge in [0, 0.05) is 10.4 Å². The first kappa shape index (κ1) is 12.5. The van der Waals surface area contributed by atoms with E-state index in [1.807, 2.05) is 26.0 Å². The molecule has 1 heterocycles. The number of thiophene rings is 1. The molecule has 0 saturated carbocycles. The quantitative estimate of drug-likeness (QED) is 0.897. The molecule has 0 amide bonds. The Hall–Kier alpha value is -1.99. The second-order valence-corrected chi connectivity index (χ2v) is 5.14. The molecule has 0 saturated heterocycles. The summed E-state index contributed by atoms with van der Waals surface area (Å²) in [6.07, 6.45) is 0. The predicted molar refractivity (Wildman–Crippen MR) is 74.9 cm³/mol. The molecule has 18 heavy (non-hydrogen) atoms. The number of nitrogen functional groups attached to an aromatic ring is 1. The lowest BCUT2D eigenvalue weighted by molar-refractivity contribution is 0.416. The van der Waals surface area contributed by atoms with Crippen LogP contribution in [0.5, 0.6) is 5.75 Å². The molecule has 1 aromatic heterocycles. The maximum absolute atomic E-state index is 9.03. The van der Waals surface area contributed by atoms with Gasteiger partial charge in [-0.2, -0.15) is 5.26 Å². The number of anilines is 1. The van der Waals surface area contributed by atoms with Crippen LogP contribution in [0, 0.1) is 25.2 Å². The average molecular weight is 258 g/mol. The summed E-state index contributed by atoms with van der Waals surface area (Å²) in [5.74, 6) is 0.800. The molecule has 92 valence electrons. The summed E-state index contributed by atoms with van der Waals surface area (Å²) in [6.45, 7) is 3.96. The Morgan fingerprint density at radius 3 is 2.61 bits per heavy atom. The van der Waals surface area contributed by atoms with E-state index in [2.05, 4.69) is 12.1 Å². The van der Waals surface area contributed by atoms with Crippen molar-refractivity contribution >= 4 is 17.0 Å². The van der Waals surface area contributed by atoms with Crippen LogP contribution in [0.4, 0.5) is 5.69 Å². The molecule has 2 aromatic rings. The van der Waals surface area contributed by atoms with Gasteiger partial charge < -0.3 is 10.5 Å². The van der Waals surface area contributed by atoms with Crippen LogP contribution >= 0.6 is 11.3 Å². The third-order valence-corrected chi connectivity index (χ3v) is 4.14. The normalized spacial score (nSPS) is 10.1. The third-order valence-electron chi connectivity index (χ3n) is 2.89. The van der Waals surface area contributed by atoms with E-state index in [1.165, 1.54) is 11.3 Å². The van der Waals surface area contributed by atoms with Crippen molar-refractivity contribution in [2.24, 2.45) is 0 Å². The molecular weight excluding hydrogens is 244 g/mol. The van der Waals surface area contributed by atoms with E-state index in [0.717, 1.165) is 27.3 Å². The lowest BCUT2D eigenvalue weighted by Gasteiger charge is -2.08. The number of rotatable bonds is 2. The van der Waals surface area contributed by atoms with E-state index < -0.39 is 0 Å². The maximum atomic E-state index is 9.03. The second kappa shape index (κ2) is 4.71. The van der Waals surface area contributed by atoms with Crippen LogP contribution in [-0.4, -0.2) is 7.11 Å². The van der Waals surface area contributed by atoms with E-state index in [0.29, 0.717) is 10.6 Å². The molecule has 0 aliphatic heterocycles. The van der Waals surface area contributed by atoms with Crippen LogP contribution in [0.25, 0.3) is 10.4 Å². The van der Waals surface area contributed by atoms with Gasteiger partial charge >= 0.3 is 0 Å². The standard InChI is InChI=1S/C14H14N2OS/c1-8-4-5-11(17-3)10(6-8)14-9(2)13(16)12(7-15)18-14/h4-6H,16H2,1-3H3. The van der Waals surface area contributed by atoms with E-state index in [1.54, 1.807) is 7.11 Å². The molecule has 1 aromatic carbocycles. The van der Waals surface area contributed by atoms with Gasteiger partial charge in [0.1, 0.15) is 16.7 Å². The highest BCUT2D eigenvalue weighted by Gasteiger charge is 2.16. The lowest BCUT2D eigenvalue weighted by atomic mass is 10.1. The number of methoxy groups -OCH3 is 1. The zero-order valence-electron chi connectivity index (χ0n) is 10.6. The molecule has 0 unspecified atom stereocenters. The van der Waals surface area contributed by atoms with Gasteiger partial charge in [-0.05, 0) is 31.5 Å². The van der Waals surface area contributed by atoms with Crippen molar-refractivity contribution in [1.82, 2.24) is 0 Å². The zero-order valence-corrected chi connectivity index (χ0v) is 11.4. The number of ether oxygens (including phenoxy) is 1. The van der Waals surface area contributed by atoms with Gasteiger partial charge in [0.25, 0.3) is 0 Å². The Bertz CT molecular complexity index is 638. The van der Waals surface area contributed by atoms with Crippen LogP contribution in [0.2, 0.25) is 0 Å². The number of nitrogens with two attached hydrogens (primary N) is 1. The second-order valence-electron chi connectivity index (χ2n) is 4.11. The molecule has 0 bridgehead atoms. The Labute approximate surface area is 110 Å². The molecule has 3 nitrogen and oxygen atoms in total. The molecular formula is C14H14N2OS. The SMILES string of the molecule is COc1ccc(C)cc1-c1sc(C#N)c(N)c1C. The molecule has 2 N–H and O–H groups in total. The van der Waals surface area contributed by atoms with E-state index in [4.69, 9.17) is 15.7 Å². The monoisotopic (exact) mass is 258 g/mol. The maximum Gasteiger partial charge on any atom is 0.128 e. The first-order valence-electron chi connectivity index (χ1n) is 5.52. The minimum absolute atomic E-state index is 0.561. The predicted octanol–water partition coefficient (Wildman–Crippen LogP) is 3.49. The van der Waals surface area contributed by atoms with Gasteiger partial charge in [-0.1, -0.05) is 11.6 Å². The molecule has 0 aliphatic carbocycles. The van der Waals surface area contributed by atoms with Crippen molar-refractivity contribution in [2.75, 3.05) is 12.8 Å². The van der Waals surface area contributed by atoms with E-state index >= 15 is 0 Å². The van der Waals surface area contributed by atoms with Crippen molar-refractivity contribution in [2.45, 2.75) is 13.8 Å². The fourth-order valence-corrected chi connectivity index (χ4v) is 2.91. The van der Waals surface area contributed by atoms with Crippen molar-refractivity contribution in [1.29, 1.82) is 5.26 Å². The number of nitrogens with zero attached hydrogens (tertiary/aromatic N) is 1. The molecule has 0 radical (unpaired) electrons. The van der Waals surface area contributed by atoms with E-state index in [9.17, 15) is 0 Å². The zero-order chi connectivity index (χ0) is 13.3. The minimum atomic E-state index is 0.561. The lowest BCUT2D eigenvalue weighted by Crippen LogP contribution is -1.90. The highest BCUT2D eigenvalue weighted by molar-refractivity contribution is 7.16. The van der Waals surface area contributed by atoms with Crippen LogP contribution in [-0.2, 0) is 0 Å². The number of hydrogen-bond acceptors (Lipinski definition) is 4. The van der Waals surface area contributed by atoms with Gasteiger partial charge in [0.2, 0.25) is 0 Å². The highest BCUT2D eigenvalue weighted by atomic mass is 32.1. The van der Waals surface area contributed by atoms with Crippen LogP contribution in [0.15, 0.2) is 18.2 Å². The third kappa shape index (κ3) is 1.93. The van der Waals surface area contributed by atoms with E-state index in [-0.39, 0.29) is 0 Å². The van der Waals surface area contributed by atoms with Gasteiger partial charge in [-0.15, -0.1) is 11.3 Å². The summed E-state index contributed by atoms with van der Waals surface area (Å²) in [5.41, 5.74) is 9.59. The largest absolute Gasteiger partial charge is 0.496 e. The Balaban J connectivity index is 2.69. The van der Waals surface area contributed by atoms with Crippen molar-refractivity contribution in [3.05, 3.63) is 34.2 Å². The summed E-state index contributed by atoms with van der Waals surface area (Å²) >= 11 is 1.41. The summed E-state index contributed by atoms with van der Waals surface area (Å²) in [5, 5.41) is 9.03. The molecule has 4 heteroatoms. The number of hydrogen-bond donors (Lipinski definition) is 1. The van der Waals surface area contributed by atoms with Crippen LogP contribution in [0.1, 0.15) is 16.0 Å². The van der Waals surface area contributed by atoms with Crippen LogP contribution in [0.3, 0.4) is 0 Å². The molecule has 0 atom stereocenters. The number of benzene rings is 1. The molecule has 0 spiro atoms. The Morgan fingerprint density at radius 1 is 1.33 bits per heavy atom. The summed E-state index contributed by atoms with van der Waals surface area (Å²) in [7, 11) is 1.64. The van der Waals surface area contributed by atoms with Gasteiger partial charge in [0.15, 0.2) is 0 Å². The number of aryl methyl sites for hydroxylation is 1. The summed E-state index contributed by atoms with van der Waals surface area (Å²) in [6, 6.07) is 8.12. The molecule has 2 rings (SSSR count). The van der Waals surface area contributed by atoms with Crippen LogP contribution < -0.4 is 10.5 Å². The highest BCUT2D eigenvalue weighted by Crippen LogP contribution is 2.41. The van der Waals surface area contributed by atoms with Gasteiger partial charge in [0.05, 0.1) is 12.8 Å². The fraction of sp³-hybridized carbons (Fsp3) is 0.214. The average Bonchev–Trinajstić information content (AvgIpc) is 2.66. The fourth-order valence-electron chi connectivity index (χ4n) is 1.87. The Morgan fingerprint density at radius 2 is 2.06 bits per heavy atom. The smallest absolute Gasteiger partial charge is 0.128 e. The summed E-state index contributed by atoms with van der Waals surface area (Å²) in [4.78, 5) is 1.57. The molecule has 0 aliphatic rings. The van der Waals surface area contributed by atoms with Crippen molar-refractivity contribution in [3.63, 3.8) is 0 Å². The first-order valence-corrected chi connectivity index (χ1v) is 6.34. The van der Waals surface area contributed by atoms with Gasteiger partial charge in [-0.25, -0.2) is 0 Å². The van der Waals surface area contributed by atoms with Crippen molar-refractivity contribution < 1.29 is 4.74 Å². The topological polar surface area (TPSA) is 59.0 Å². The minimum Gasteiger partial charge on any atom is -0.496 e. The first-order chi connectivity index (χ1) is 8.58.